The first-order valence-corrected chi connectivity index (χ1v) is 4.11. The van der Waals surface area contributed by atoms with Crippen molar-refractivity contribution < 1.29 is 0 Å². The molecule has 2 nitrogen and oxygen atoms in total. The first-order valence-electron chi connectivity index (χ1n) is 4.11. The van der Waals surface area contributed by atoms with Gasteiger partial charge in [0.2, 0.25) is 0 Å². The van der Waals surface area contributed by atoms with Gasteiger partial charge in [-0.1, -0.05) is 20.8 Å². The summed E-state index contributed by atoms with van der Waals surface area (Å²) in [6.07, 6.45) is 5.02. The average molecular weight is 152 g/mol. The van der Waals surface area contributed by atoms with Crippen LogP contribution in [0.3, 0.4) is 0 Å². The zero-order valence-corrected chi connectivity index (χ0v) is 7.54. The van der Waals surface area contributed by atoms with Gasteiger partial charge in [-0.25, -0.2) is 0 Å². The first-order chi connectivity index (χ1) is 5.14. The third kappa shape index (κ3) is 2.37. The van der Waals surface area contributed by atoms with Crippen LogP contribution in [0.1, 0.15) is 27.2 Å². The summed E-state index contributed by atoms with van der Waals surface area (Å²) in [5.74, 6) is 0. The summed E-state index contributed by atoms with van der Waals surface area (Å²) >= 11 is 0. The number of aromatic nitrogens is 2. The summed E-state index contributed by atoms with van der Waals surface area (Å²) in [5.41, 5.74) is 0.367. The Bertz CT molecular complexity index is 199. The topological polar surface area (TPSA) is 17.8 Å². The molecule has 0 saturated carbocycles. The van der Waals surface area contributed by atoms with Crippen LogP contribution in [-0.4, -0.2) is 9.78 Å². The van der Waals surface area contributed by atoms with Gasteiger partial charge in [-0.2, -0.15) is 5.10 Å². The van der Waals surface area contributed by atoms with Crippen molar-refractivity contribution >= 4 is 0 Å². The van der Waals surface area contributed by atoms with Crippen LogP contribution in [0.25, 0.3) is 0 Å². The molecule has 0 spiro atoms. The van der Waals surface area contributed by atoms with Crippen molar-refractivity contribution in [1.29, 1.82) is 0 Å². The van der Waals surface area contributed by atoms with Crippen molar-refractivity contribution in [2.45, 2.75) is 33.7 Å². The molecule has 0 fully saturated rings. The molecule has 1 aromatic rings. The van der Waals surface area contributed by atoms with E-state index in [1.165, 1.54) is 6.42 Å². The molecule has 0 aliphatic heterocycles. The molecule has 0 bridgehead atoms. The minimum Gasteiger partial charge on any atom is -0.272 e. The van der Waals surface area contributed by atoms with Crippen LogP contribution >= 0.6 is 0 Å². The zero-order valence-electron chi connectivity index (χ0n) is 7.54. The van der Waals surface area contributed by atoms with Crippen LogP contribution in [0.5, 0.6) is 0 Å². The molecule has 0 aliphatic carbocycles. The van der Waals surface area contributed by atoms with Gasteiger partial charge in [-0.3, -0.25) is 4.68 Å². The molecule has 0 amide bonds. The molecule has 0 atom stereocenters. The Hall–Kier alpha value is -0.790. The Kier molecular flexibility index (Phi) is 2.32. The molecule has 0 aromatic carbocycles. The predicted octanol–water partition coefficient (Wildman–Crippen LogP) is 2.32. The van der Waals surface area contributed by atoms with Crippen LogP contribution in [0.4, 0.5) is 0 Å². The SMILES string of the molecule is CCC(C)(C)Cn1cccn1. The number of hydrogen-bond donors (Lipinski definition) is 0. The monoisotopic (exact) mass is 152 g/mol. The Balaban J connectivity index is 2.56. The maximum Gasteiger partial charge on any atom is 0.0489 e. The van der Waals surface area contributed by atoms with Crippen LogP contribution in [-0.2, 0) is 6.54 Å². The van der Waals surface area contributed by atoms with E-state index in [1.54, 1.807) is 0 Å². The fraction of sp³-hybridized carbons (Fsp3) is 0.667. The van der Waals surface area contributed by atoms with Crippen molar-refractivity contribution in [3.63, 3.8) is 0 Å². The molecular formula is C9H16N2. The quantitative estimate of drug-likeness (QED) is 0.650. The Labute approximate surface area is 68.2 Å². The van der Waals surface area contributed by atoms with Gasteiger partial charge in [-0.15, -0.1) is 0 Å². The minimum absolute atomic E-state index is 0.367. The first kappa shape index (κ1) is 8.31. The molecule has 0 aliphatic rings. The molecule has 2 heteroatoms. The molecule has 11 heavy (non-hydrogen) atoms. The van der Waals surface area contributed by atoms with Gasteiger partial charge >= 0.3 is 0 Å². The van der Waals surface area contributed by atoms with Gasteiger partial charge < -0.3 is 0 Å². The lowest BCUT2D eigenvalue weighted by Gasteiger charge is -2.21. The van der Waals surface area contributed by atoms with Gasteiger partial charge in [0.05, 0.1) is 0 Å². The lowest BCUT2D eigenvalue weighted by Crippen LogP contribution is -2.18. The van der Waals surface area contributed by atoms with E-state index in [2.05, 4.69) is 25.9 Å². The maximum absolute atomic E-state index is 4.17. The minimum atomic E-state index is 0.367. The van der Waals surface area contributed by atoms with E-state index in [1.807, 2.05) is 23.1 Å². The van der Waals surface area contributed by atoms with E-state index in [0.717, 1.165) is 6.54 Å². The highest BCUT2D eigenvalue weighted by Crippen LogP contribution is 2.21. The smallest absolute Gasteiger partial charge is 0.0489 e. The predicted molar refractivity (Wildman–Crippen MR) is 46.3 cm³/mol. The van der Waals surface area contributed by atoms with Gasteiger partial charge in [0.25, 0.3) is 0 Å². The summed E-state index contributed by atoms with van der Waals surface area (Å²) in [6.45, 7) is 7.74. The van der Waals surface area contributed by atoms with Crippen LogP contribution in [0.2, 0.25) is 0 Å². The molecule has 62 valence electrons. The van der Waals surface area contributed by atoms with Crippen LogP contribution in [0.15, 0.2) is 18.5 Å². The van der Waals surface area contributed by atoms with Crippen molar-refractivity contribution in [2.75, 3.05) is 0 Å². The third-order valence-corrected chi connectivity index (χ3v) is 2.11. The zero-order chi connectivity index (χ0) is 8.32. The Morgan fingerprint density at radius 1 is 1.45 bits per heavy atom. The second-order valence-electron chi connectivity index (χ2n) is 3.72. The normalized spacial score (nSPS) is 11.9. The summed E-state index contributed by atoms with van der Waals surface area (Å²) < 4.78 is 1.99. The molecule has 0 N–H and O–H groups in total. The summed E-state index contributed by atoms with van der Waals surface area (Å²) in [7, 11) is 0. The molecular weight excluding hydrogens is 136 g/mol. The van der Waals surface area contributed by atoms with Crippen molar-refractivity contribution in [1.82, 2.24) is 9.78 Å². The van der Waals surface area contributed by atoms with Crippen molar-refractivity contribution in [3.05, 3.63) is 18.5 Å². The second kappa shape index (κ2) is 3.07. The largest absolute Gasteiger partial charge is 0.272 e. The van der Waals surface area contributed by atoms with E-state index in [0.29, 0.717) is 5.41 Å². The van der Waals surface area contributed by atoms with E-state index in [-0.39, 0.29) is 0 Å². The van der Waals surface area contributed by atoms with Gasteiger partial charge in [0.1, 0.15) is 0 Å². The summed E-state index contributed by atoms with van der Waals surface area (Å²) in [4.78, 5) is 0. The van der Waals surface area contributed by atoms with Gasteiger partial charge in [-0.05, 0) is 17.9 Å². The maximum atomic E-state index is 4.17. The standard InChI is InChI=1S/C9H16N2/c1-4-9(2,3)8-11-7-5-6-10-11/h5-7H,4,8H2,1-3H3. The summed E-state index contributed by atoms with van der Waals surface area (Å²) in [6, 6.07) is 1.96. The third-order valence-electron chi connectivity index (χ3n) is 2.11. The average Bonchev–Trinajstić information content (AvgIpc) is 2.39. The Morgan fingerprint density at radius 2 is 2.18 bits per heavy atom. The van der Waals surface area contributed by atoms with E-state index >= 15 is 0 Å². The van der Waals surface area contributed by atoms with Gasteiger partial charge in [0.15, 0.2) is 0 Å². The number of rotatable bonds is 3. The fourth-order valence-corrected chi connectivity index (χ4v) is 0.944. The second-order valence-corrected chi connectivity index (χ2v) is 3.72. The molecule has 1 aromatic heterocycles. The van der Waals surface area contributed by atoms with E-state index in [4.69, 9.17) is 0 Å². The Morgan fingerprint density at radius 3 is 2.64 bits per heavy atom. The van der Waals surface area contributed by atoms with E-state index in [9.17, 15) is 0 Å². The van der Waals surface area contributed by atoms with Gasteiger partial charge in [0, 0.05) is 18.9 Å². The summed E-state index contributed by atoms with van der Waals surface area (Å²) in [5, 5.41) is 4.17. The number of hydrogen-bond acceptors (Lipinski definition) is 1. The highest BCUT2D eigenvalue weighted by atomic mass is 15.3. The van der Waals surface area contributed by atoms with Crippen molar-refractivity contribution in [2.24, 2.45) is 5.41 Å². The number of nitrogens with zero attached hydrogens (tertiary/aromatic N) is 2. The van der Waals surface area contributed by atoms with Crippen molar-refractivity contribution in [3.8, 4) is 0 Å². The lowest BCUT2D eigenvalue weighted by molar-refractivity contribution is 0.280. The molecule has 0 unspecified atom stereocenters. The van der Waals surface area contributed by atoms with Crippen LogP contribution < -0.4 is 0 Å². The molecule has 0 radical (unpaired) electrons. The van der Waals surface area contributed by atoms with E-state index < -0.39 is 0 Å². The highest BCUT2D eigenvalue weighted by molar-refractivity contribution is 4.79. The fourth-order valence-electron chi connectivity index (χ4n) is 0.944. The highest BCUT2D eigenvalue weighted by Gasteiger charge is 2.15. The molecule has 1 rings (SSSR count). The molecule has 0 saturated heterocycles. The molecule has 1 heterocycles. The lowest BCUT2D eigenvalue weighted by atomic mass is 9.90. The van der Waals surface area contributed by atoms with Crippen LogP contribution in [0, 0.1) is 5.41 Å².